The van der Waals surface area contributed by atoms with Crippen LogP contribution in [0, 0.1) is 20.2 Å². The van der Waals surface area contributed by atoms with E-state index in [2.05, 4.69) is 5.10 Å². The number of fused-ring (bicyclic) bond motifs is 1. The van der Waals surface area contributed by atoms with Crippen LogP contribution in [0.3, 0.4) is 0 Å². The Hall–Kier alpha value is -4.40. The van der Waals surface area contributed by atoms with Gasteiger partial charge in [-0.2, -0.15) is 9.78 Å². The Labute approximate surface area is 162 Å². The van der Waals surface area contributed by atoms with Crippen molar-refractivity contribution in [2.24, 2.45) is 0 Å². The summed E-state index contributed by atoms with van der Waals surface area (Å²) in [6.45, 7) is 0. The number of nitro benzene ring substituents is 2. The first-order chi connectivity index (χ1) is 14.0. The minimum atomic E-state index is -0.770. The van der Waals surface area contributed by atoms with Crippen molar-refractivity contribution in [3.63, 3.8) is 0 Å². The molecule has 0 aliphatic rings. The largest absolute Gasteiger partial charge is 0.301 e. The summed E-state index contributed by atoms with van der Waals surface area (Å²) in [4.78, 5) is 34.1. The third-order valence-corrected chi connectivity index (χ3v) is 4.45. The molecule has 3 aromatic carbocycles. The van der Waals surface area contributed by atoms with Crippen LogP contribution < -0.4 is 5.56 Å². The minimum Gasteiger partial charge on any atom is -0.267 e. The Morgan fingerprint density at radius 3 is 2.10 bits per heavy atom. The highest BCUT2D eigenvalue weighted by Gasteiger charge is 2.23. The van der Waals surface area contributed by atoms with Gasteiger partial charge in [-0.1, -0.05) is 48.5 Å². The molecule has 4 aromatic rings. The SMILES string of the molecule is O=c1c2ccccc2c(-c2ccccc2)nn1-c1ccc([N+](=O)[O-])cc1[N+](=O)[O-]. The molecule has 0 amide bonds. The summed E-state index contributed by atoms with van der Waals surface area (Å²) >= 11 is 0. The molecule has 4 rings (SSSR count). The molecule has 0 radical (unpaired) electrons. The molecule has 0 bridgehead atoms. The molecule has 0 fully saturated rings. The second-order valence-corrected chi connectivity index (χ2v) is 6.16. The second-order valence-electron chi connectivity index (χ2n) is 6.16. The molecule has 1 aromatic heterocycles. The molecule has 0 N–H and O–H groups in total. The van der Waals surface area contributed by atoms with Crippen molar-refractivity contribution in [3.05, 3.63) is 103 Å². The van der Waals surface area contributed by atoms with Crippen molar-refractivity contribution in [3.8, 4) is 16.9 Å². The first-order valence-corrected chi connectivity index (χ1v) is 8.48. The summed E-state index contributed by atoms with van der Waals surface area (Å²) in [6.07, 6.45) is 0. The molecule has 29 heavy (non-hydrogen) atoms. The molecule has 0 aliphatic heterocycles. The number of nitro groups is 2. The zero-order valence-corrected chi connectivity index (χ0v) is 14.8. The van der Waals surface area contributed by atoms with E-state index in [0.29, 0.717) is 16.5 Å². The Morgan fingerprint density at radius 2 is 1.45 bits per heavy atom. The van der Waals surface area contributed by atoms with Crippen LogP contribution in [-0.2, 0) is 0 Å². The highest BCUT2D eigenvalue weighted by Crippen LogP contribution is 2.29. The maximum absolute atomic E-state index is 13.1. The predicted octanol–water partition coefficient (Wildman–Crippen LogP) is 3.87. The topological polar surface area (TPSA) is 121 Å². The molecule has 9 heteroatoms. The van der Waals surface area contributed by atoms with E-state index in [1.165, 1.54) is 0 Å². The van der Waals surface area contributed by atoms with E-state index in [1.807, 2.05) is 30.3 Å². The van der Waals surface area contributed by atoms with Gasteiger partial charge in [-0.25, -0.2) is 0 Å². The van der Waals surface area contributed by atoms with E-state index in [4.69, 9.17) is 0 Å². The van der Waals surface area contributed by atoms with E-state index < -0.39 is 26.8 Å². The molecule has 0 aliphatic carbocycles. The number of aromatic nitrogens is 2. The van der Waals surface area contributed by atoms with Crippen LogP contribution in [0.2, 0.25) is 0 Å². The van der Waals surface area contributed by atoms with Crippen LogP contribution in [0.4, 0.5) is 11.4 Å². The second kappa shape index (κ2) is 6.97. The minimum absolute atomic E-state index is 0.145. The van der Waals surface area contributed by atoms with Crippen LogP contribution >= 0.6 is 0 Å². The number of nitrogens with zero attached hydrogens (tertiary/aromatic N) is 4. The van der Waals surface area contributed by atoms with E-state index in [0.717, 1.165) is 28.4 Å². The monoisotopic (exact) mass is 388 g/mol. The molecular weight excluding hydrogens is 376 g/mol. The molecule has 9 nitrogen and oxygen atoms in total. The fraction of sp³-hybridized carbons (Fsp3) is 0. The van der Waals surface area contributed by atoms with Crippen LogP contribution in [0.15, 0.2) is 77.6 Å². The molecule has 1 heterocycles. The van der Waals surface area contributed by atoms with E-state index in [9.17, 15) is 25.0 Å². The highest BCUT2D eigenvalue weighted by molar-refractivity contribution is 5.94. The third-order valence-electron chi connectivity index (χ3n) is 4.45. The van der Waals surface area contributed by atoms with E-state index >= 15 is 0 Å². The van der Waals surface area contributed by atoms with Gasteiger partial charge in [0.25, 0.3) is 11.2 Å². The Bertz CT molecular complexity index is 1330. The van der Waals surface area contributed by atoms with E-state index in [1.54, 1.807) is 24.3 Å². The Morgan fingerprint density at radius 1 is 0.793 bits per heavy atom. The van der Waals surface area contributed by atoms with Crippen LogP contribution in [0.5, 0.6) is 0 Å². The summed E-state index contributed by atoms with van der Waals surface area (Å²) < 4.78 is 0.923. The van der Waals surface area contributed by atoms with Crippen molar-refractivity contribution in [1.29, 1.82) is 0 Å². The molecule has 0 atom stereocenters. The molecule has 0 spiro atoms. The maximum atomic E-state index is 13.1. The average molecular weight is 388 g/mol. The zero-order valence-electron chi connectivity index (χ0n) is 14.8. The predicted molar refractivity (Wildman–Crippen MR) is 106 cm³/mol. The average Bonchev–Trinajstić information content (AvgIpc) is 2.74. The number of non-ortho nitro benzene ring substituents is 1. The van der Waals surface area contributed by atoms with Gasteiger partial charge in [0.1, 0.15) is 5.69 Å². The lowest BCUT2D eigenvalue weighted by atomic mass is 10.1. The molecule has 0 saturated heterocycles. The Kier molecular flexibility index (Phi) is 4.32. The first-order valence-electron chi connectivity index (χ1n) is 8.48. The first kappa shape index (κ1) is 18.0. The fourth-order valence-electron chi connectivity index (χ4n) is 3.11. The molecular formula is C20H12N4O5. The smallest absolute Gasteiger partial charge is 0.267 e. The van der Waals surface area contributed by atoms with Gasteiger partial charge in [-0.05, 0) is 12.1 Å². The third kappa shape index (κ3) is 3.10. The number of benzene rings is 3. The molecule has 142 valence electrons. The normalized spacial score (nSPS) is 10.8. The van der Waals surface area contributed by atoms with E-state index in [-0.39, 0.29) is 5.69 Å². The van der Waals surface area contributed by atoms with Crippen molar-refractivity contribution < 1.29 is 9.85 Å². The van der Waals surface area contributed by atoms with Crippen molar-refractivity contribution in [1.82, 2.24) is 9.78 Å². The van der Waals surface area contributed by atoms with Crippen molar-refractivity contribution >= 4 is 22.1 Å². The van der Waals surface area contributed by atoms with Crippen LogP contribution in [-0.4, -0.2) is 19.6 Å². The van der Waals surface area contributed by atoms with Gasteiger partial charge in [0, 0.05) is 17.0 Å². The van der Waals surface area contributed by atoms with Gasteiger partial charge < -0.3 is 0 Å². The van der Waals surface area contributed by atoms with Gasteiger partial charge in [0.2, 0.25) is 0 Å². The van der Waals surface area contributed by atoms with Gasteiger partial charge >= 0.3 is 5.69 Å². The highest BCUT2D eigenvalue weighted by atomic mass is 16.6. The maximum Gasteiger partial charge on any atom is 0.301 e. The lowest BCUT2D eigenvalue weighted by molar-refractivity contribution is -0.394. The summed E-state index contributed by atoms with van der Waals surface area (Å²) in [6, 6.07) is 19.0. The van der Waals surface area contributed by atoms with Gasteiger partial charge in [-0.3, -0.25) is 25.0 Å². The number of rotatable bonds is 4. The van der Waals surface area contributed by atoms with Crippen molar-refractivity contribution in [2.45, 2.75) is 0 Å². The van der Waals surface area contributed by atoms with Gasteiger partial charge in [-0.15, -0.1) is 0 Å². The number of hydrogen-bond donors (Lipinski definition) is 0. The lowest BCUT2D eigenvalue weighted by Gasteiger charge is -2.11. The zero-order chi connectivity index (χ0) is 20.5. The van der Waals surface area contributed by atoms with Crippen molar-refractivity contribution in [2.75, 3.05) is 0 Å². The summed E-state index contributed by atoms with van der Waals surface area (Å²) in [5.74, 6) is 0. The number of hydrogen-bond acceptors (Lipinski definition) is 6. The summed E-state index contributed by atoms with van der Waals surface area (Å²) in [5, 5.41) is 27.9. The Balaban J connectivity index is 2.08. The molecule has 0 saturated carbocycles. The lowest BCUT2D eigenvalue weighted by Crippen LogP contribution is -2.23. The summed E-state index contributed by atoms with van der Waals surface area (Å²) in [7, 11) is 0. The van der Waals surface area contributed by atoms with Crippen LogP contribution in [0.25, 0.3) is 27.7 Å². The summed E-state index contributed by atoms with van der Waals surface area (Å²) in [5.41, 5.74) is -0.540. The standard InChI is InChI=1S/C20H12N4O5/c25-20-16-9-5-4-8-15(16)19(13-6-2-1-3-7-13)21-22(20)17-11-10-14(23(26)27)12-18(17)24(28)29/h1-12H. The van der Waals surface area contributed by atoms with Gasteiger partial charge in [0.05, 0.1) is 27.0 Å². The van der Waals surface area contributed by atoms with Gasteiger partial charge in [0.15, 0.2) is 0 Å². The quantitative estimate of drug-likeness (QED) is 0.386. The van der Waals surface area contributed by atoms with Crippen LogP contribution in [0.1, 0.15) is 0 Å². The molecule has 0 unspecified atom stereocenters. The fourth-order valence-corrected chi connectivity index (χ4v) is 3.11.